The van der Waals surface area contributed by atoms with Crippen LogP contribution in [0.25, 0.3) is 0 Å². The Balaban J connectivity index is 2.17. The smallest absolute Gasteiger partial charge is 0.252 e. The Hall–Kier alpha value is -0.470. The highest BCUT2D eigenvalue weighted by Gasteiger charge is 2.26. The first-order chi connectivity index (χ1) is 8.64. The third-order valence-electron chi connectivity index (χ3n) is 2.76. The van der Waals surface area contributed by atoms with Crippen LogP contribution in [0.2, 0.25) is 0 Å². The van der Waals surface area contributed by atoms with Gasteiger partial charge in [-0.25, -0.2) is 8.42 Å². The molecule has 0 aromatic carbocycles. The number of sulfonamides is 1. The van der Waals surface area contributed by atoms with Gasteiger partial charge in [0.1, 0.15) is 4.21 Å². The number of nitrogens with zero attached hydrogens (tertiary/aromatic N) is 1. The van der Waals surface area contributed by atoms with Crippen molar-refractivity contribution in [3.05, 3.63) is 17.0 Å². The monoisotopic (exact) mass is 290 g/mol. The van der Waals surface area contributed by atoms with Crippen LogP contribution in [0.4, 0.5) is 0 Å². The molecule has 1 aromatic rings. The first kappa shape index (κ1) is 14.0. The second-order valence-corrected chi connectivity index (χ2v) is 7.45. The van der Waals surface area contributed by atoms with Gasteiger partial charge in [-0.1, -0.05) is 0 Å². The molecule has 18 heavy (non-hydrogen) atoms. The van der Waals surface area contributed by atoms with E-state index in [-0.39, 0.29) is 0 Å². The molecule has 1 aliphatic heterocycles. The third-order valence-corrected chi connectivity index (χ3v) is 6.21. The lowest BCUT2D eigenvalue weighted by atomic mass is 10.5. The van der Waals surface area contributed by atoms with Crippen molar-refractivity contribution in [3.8, 4) is 0 Å². The molecule has 0 atom stereocenters. The summed E-state index contributed by atoms with van der Waals surface area (Å²) in [5, 5.41) is 3.02. The highest BCUT2D eigenvalue weighted by Crippen LogP contribution is 2.25. The van der Waals surface area contributed by atoms with Crippen molar-refractivity contribution < 1.29 is 13.2 Å². The molecular weight excluding hydrogens is 272 g/mol. The maximum Gasteiger partial charge on any atom is 0.252 e. The fraction of sp³-hybridized carbons (Fsp3) is 0.636. The van der Waals surface area contributed by atoms with E-state index in [0.717, 1.165) is 11.3 Å². The molecule has 2 heterocycles. The molecule has 7 heteroatoms. The van der Waals surface area contributed by atoms with Gasteiger partial charge in [0.05, 0.1) is 6.61 Å². The van der Waals surface area contributed by atoms with Gasteiger partial charge in [0.25, 0.3) is 10.0 Å². The van der Waals surface area contributed by atoms with Gasteiger partial charge in [0.15, 0.2) is 0 Å². The van der Waals surface area contributed by atoms with Gasteiger partial charge in [0.2, 0.25) is 0 Å². The third kappa shape index (κ3) is 3.10. The maximum absolute atomic E-state index is 12.4. The number of hydrogen-bond acceptors (Lipinski definition) is 5. The van der Waals surface area contributed by atoms with Gasteiger partial charge in [-0.2, -0.15) is 4.31 Å². The molecule has 0 spiro atoms. The SMILES string of the molecule is CNCc1ccc(S(=O)(=O)N2CCCOCC2)s1. The topological polar surface area (TPSA) is 58.6 Å². The van der Waals surface area contributed by atoms with E-state index in [4.69, 9.17) is 4.74 Å². The van der Waals surface area contributed by atoms with Gasteiger partial charge in [-0.3, -0.25) is 0 Å². The number of nitrogens with one attached hydrogen (secondary N) is 1. The van der Waals surface area contributed by atoms with Crippen molar-refractivity contribution in [2.24, 2.45) is 0 Å². The van der Waals surface area contributed by atoms with E-state index in [1.807, 2.05) is 13.1 Å². The van der Waals surface area contributed by atoms with Crippen molar-refractivity contribution >= 4 is 21.4 Å². The molecule has 0 saturated carbocycles. The molecule has 0 amide bonds. The molecule has 1 fully saturated rings. The lowest BCUT2D eigenvalue weighted by molar-refractivity contribution is 0.148. The zero-order valence-electron chi connectivity index (χ0n) is 10.4. The average Bonchev–Trinajstić information content (AvgIpc) is 2.65. The van der Waals surface area contributed by atoms with E-state index in [1.54, 1.807) is 6.07 Å². The van der Waals surface area contributed by atoms with Crippen LogP contribution in [0, 0.1) is 0 Å². The predicted molar refractivity (Wildman–Crippen MR) is 71.3 cm³/mol. The minimum atomic E-state index is -3.34. The molecule has 102 valence electrons. The van der Waals surface area contributed by atoms with E-state index in [9.17, 15) is 8.42 Å². The summed E-state index contributed by atoms with van der Waals surface area (Å²) in [6.45, 7) is 2.81. The molecule has 0 unspecified atom stereocenters. The summed E-state index contributed by atoms with van der Waals surface area (Å²) < 4.78 is 32.1. The number of rotatable bonds is 4. The van der Waals surface area contributed by atoms with E-state index >= 15 is 0 Å². The lowest BCUT2D eigenvalue weighted by Gasteiger charge is -2.17. The molecule has 0 aliphatic carbocycles. The Morgan fingerprint density at radius 2 is 2.22 bits per heavy atom. The summed E-state index contributed by atoms with van der Waals surface area (Å²) in [5.74, 6) is 0. The van der Waals surface area contributed by atoms with Crippen molar-refractivity contribution in [2.75, 3.05) is 33.4 Å². The van der Waals surface area contributed by atoms with Crippen LogP contribution in [0.1, 0.15) is 11.3 Å². The minimum Gasteiger partial charge on any atom is -0.380 e. The van der Waals surface area contributed by atoms with Gasteiger partial charge in [-0.15, -0.1) is 11.3 Å². The molecule has 1 aromatic heterocycles. The summed E-state index contributed by atoms with van der Waals surface area (Å²) in [6, 6.07) is 3.56. The van der Waals surface area contributed by atoms with Gasteiger partial charge >= 0.3 is 0 Å². The van der Waals surface area contributed by atoms with Crippen LogP contribution >= 0.6 is 11.3 Å². The Morgan fingerprint density at radius 1 is 1.39 bits per heavy atom. The van der Waals surface area contributed by atoms with Crippen LogP contribution in [0.3, 0.4) is 0 Å². The Morgan fingerprint density at radius 3 is 3.00 bits per heavy atom. The summed E-state index contributed by atoms with van der Waals surface area (Å²) in [5.41, 5.74) is 0. The van der Waals surface area contributed by atoms with Crippen molar-refractivity contribution in [3.63, 3.8) is 0 Å². The van der Waals surface area contributed by atoms with Crippen LogP contribution in [-0.4, -0.2) is 46.1 Å². The Kier molecular flexibility index (Phi) is 4.74. The molecule has 5 nitrogen and oxygen atoms in total. The van der Waals surface area contributed by atoms with Crippen molar-refractivity contribution in [1.82, 2.24) is 9.62 Å². The molecule has 1 saturated heterocycles. The standard InChI is InChI=1S/C11H18N2O3S2/c1-12-9-10-3-4-11(17-10)18(14,15)13-5-2-7-16-8-6-13/h3-4,12H,2,5-9H2,1H3. The summed E-state index contributed by atoms with van der Waals surface area (Å²) in [6.07, 6.45) is 0.758. The maximum atomic E-state index is 12.4. The van der Waals surface area contributed by atoms with E-state index in [2.05, 4.69) is 5.32 Å². The minimum absolute atomic E-state index is 0.426. The molecule has 1 aliphatic rings. The zero-order chi connectivity index (χ0) is 13.0. The van der Waals surface area contributed by atoms with E-state index < -0.39 is 10.0 Å². The number of hydrogen-bond donors (Lipinski definition) is 1. The highest BCUT2D eigenvalue weighted by molar-refractivity contribution is 7.91. The average molecular weight is 290 g/mol. The normalized spacial score (nSPS) is 18.7. The molecular formula is C11H18N2O3S2. The fourth-order valence-corrected chi connectivity index (χ4v) is 4.84. The summed E-state index contributed by atoms with van der Waals surface area (Å²) in [4.78, 5) is 1.03. The second kappa shape index (κ2) is 6.12. The number of ether oxygens (including phenoxy) is 1. The first-order valence-electron chi connectivity index (χ1n) is 5.96. The lowest BCUT2D eigenvalue weighted by Crippen LogP contribution is -2.32. The quantitative estimate of drug-likeness (QED) is 0.894. The van der Waals surface area contributed by atoms with Crippen LogP contribution in [0.15, 0.2) is 16.3 Å². The highest BCUT2D eigenvalue weighted by atomic mass is 32.2. The van der Waals surface area contributed by atoms with Crippen LogP contribution in [0.5, 0.6) is 0 Å². The van der Waals surface area contributed by atoms with E-state index in [0.29, 0.717) is 37.1 Å². The van der Waals surface area contributed by atoms with Gasteiger partial charge in [-0.05, 0) is 25.6 Å². The van der Waals surface area contributed by atoms with Crippen molar-refractivity contribution in [2.45, 2.75) is 17.2 Å². The molecule has 0 bridgehead atoms. The fourth-order valence-electron chi connectivity index (χ4n) is 1.86. The van der Waals surface area contributed by atoms with Crippen LogP contribution in [-0.2, 0) is 21.3 Å². The van der Waals surface area contributed by atoms with E-state index in [1.165, 1.54) is 15.6 Å². The first-order valence-corrected chi connectivity index (χ1v) is 8.21. The predicted octanol–water partition coefficient (Wildman–Crippen LogP) is 0.878. The van der Waals surface area contributed by atoms with Crippen LogP contribution < -0.4 is 5.32 Å². The summed E-state index contributed by atoms with van der Waals surface area (Å²) >= 11 is 1.33. The van der Waals surface area contributed by atoms with Gasteiger partial charge in [0, 0.05) is 31.1 Å². The second-order valence-electron chi connectivity index (χ2n) is 4.12. The Labute approximate surface area is 112 Å². The zero-order valence-corrected chi connectivity index (χ0v) is 12.0. The molecule has 2 rings (SSSR count). The molecule has 0 radical (unpaired) electrons. The molecule has 1 N–H and O–H groups in total. The van der Waals surface area contributed by atoms with Gasteiger partial charge < -0.3 is 10.1 Å². The van der Waals surface area contributed by atoms with Crippen molar-refractivity contribution in [1.29, 1.82) is 0 Å². The largest absolute Gasteiger partial charge is 0.380 e. The number of thiophene rings is 1. The Bertz CT molecular complexity index is 476. The summed E-state index contributed by atoms with van der Waals surface area (Å²) in [7, 11) is -1.49.